The lowest BCUT2D eigenvalue weighted by Crippen LogP contribution is -2.37. The van der Waals surface area contributed by atoms with Crippen molar-refractivity contribution < 1.29 is 5.11 Å². The Morgan fingerprint density at radius 3 is 2.36 bits per heavy atom. The summed E-state index contributed by atoms with van der Waals surface area (Å²) in [4.78, 5) is 2.25. The SMILES string of the molecule is CCC(CCCN)N(C)C[C@@H](O)CC. The van der Waals surface area contributed by atoms with E-state index in [4.69, 9.17) is 5.73 Å². The van der Waals surface area contributed by atoms with E-state index in [2.05, 4.69) is 18.9 Å². The van der Waals surface area contributed by atoms with Crippen molar-refractivity contribution in [3.63, 3.8) is 0 Å². The lowest BCUT2D eigenvalue weighted by Gasteiger charge is -2.28. The summed E-state index contributed by atoms with van der Waals surface area (Å²) >= 11 is 0. The molecule has 0 aliphatic heterocycles. The first-order valence-electron chi connectivity index (χ1n) is 5.74. The molecule has 0 fully saturated rings. The third-order valence-electron chi connectivity index (χ3n) is 2.81. The Hall–Kier alpha value is -0.120. The van der Waals surface area contributed by atoms with Gasteiger partial charge in [0.2, 0.25) is 0 Å². The topological polar surface area (TPSA) is 49.5 Å². The Balaban J connectivity index is 3.83. The number of hydrogen-bond donors (Lipinski definition) is 2. The molecule has 0 aliphatic carbocycles. The van der Waals surface area contributed by atoms with Crippen molar-refractivity contribution in [3.05, 3.63) is 0 Å². The van der Waals surface area contributed by atoms with Crippen LogP contribution in [0.5, 0.6) is 0 Å². The van der Waals surface area contributed by atoms with Crippen LogP contribution in [0.15, 0.2) is 0 Å². The molecule has 3 heteroatoms. The molecule has 86 valence electrons. The number of nitrogens with zero attached hydrogens (tertiary/aromatic N) is 1. The van der Waals surface area contributed by atoms with Gasteiger partial charge in [-0.05, 0) is 39.3 Å². The Labute approximate surface area is 88.3 Å². The van der Waals surface area contributed by atoms with Crippen LogP contribution in [0.25, 0.3) is 0 Å². The molecule has 0 spiro atoms. The van der Waals surface area contributed by atoms with Gasteiger partial charge in [-0.25, -0.2) is 0 Å². The minimum atomic E-state index is -0.188. The molecule has 3 nitrogen and oxygen atoms in total. The molecule has 0 aromatic carbocycles. The van der Waals surface area contributed by atoms with Crippen LogP contribution in [0.4, 0.5) is 0 Å². The van der Waals surface area contributed by atoms with E-state index >= 15 is 0 Å². The van der Waals surface area contributed by atoms with E-state index < -0.39 is 0 Å². The number of aliphatic hydroxyl groups is 1. The summed E-state index contributed by atoms with van der Waals surface area (Å²) in [7, 11) is 2.09. The van der Waals surface area contributed by atoms with Crippen LogP contribution in [0.3, 0.4) is 0 Å². The number of rotatable bonds is 8. The molecule has 0 saturated heterocycles. The first-order valence-corrected chi connectivity index (χ1v) is 5.74. The van der Waals surface area contributed by atoms with Gasteiger partial charge in [-0.2, -0.15) is 0 Å². The standard InChI is InChI=1S/C11H26N2O/c1-4-10(7-6-8-12)13(3)9-11(14)5-2/h10-11,14H,4-9,12H2,1-3H3/t10?,11-/m0/s1. The fraction of sp³-hybridized carbons (Fsp3) is 1.00. The number of hydrogen-bond acceptors (Lipinski definition) is 3. The van der Waals surface area contributed by atoms with E-state index in [-0.39, 0.29) is 6.10 Å². The average Bonchev–Trinajstić information content (AvgIpc) is 2.18. The van der Waals surface area contributed by atoms with Crippen LogP contribution in [0.1, 0.15) is 39.5 Å². The molecule has 0 amide bonds. The fourth-order valence-corrected chi connectivity index (χ4v) is 1.70. The Kier molecular flexibility index (Phi) is 8.14. The summed E-state index contributed by atoms with van der Waals surface area (Å²) in [5.74, 6) is 0. The van der Waals surface area contributed by atoms with Gasteiger partial charge in [0.15, 0.2) is 0 Å². The summed E-state index contributed by atoms with van der Waals surface area (Å²) in [6, 6.07) is 0.569. The van der Waals surface area contributed by atoms with E-state index in [0.29, 0.717) is 6.04 Å². The predicted octanol–water partition coefficient (Wildman–Crippen LogP) is 1.21. The zero-order valence-corrected chi connectivity index (χ0v) is 9.87. The third kappa shape index (κ3) is 5.58. The van der Waals surface area contributed by atoms with E-state index in [1.165, 1.54) is 0 Å². The van der Waals surface area contributed by atoms with Crippen LogP contribution in [-0.4, -0.2) is 42.3 Å². The maximum atomic E-state index is 9.53. The summed E-state index contributed by atoms with van der Waals surface area (Å²) < 4.78 is 0. The lowest BCUT2D eigenvalue weighted by molar-refractivity contribution is 0.0964. The van der Waals surface area contributed by atoms with E-state index in [0.717, 1.165) is 38.8 Å². The maximum Gasteiger partial charge on any atom is 0.0664 e. The molecule has 1 unspecified atom stereocenters. The van der Waals surface area contributed by atoms with Crippen molar-refractivity contribution in [2.24, 2.45) is 5.73 Å². The molecule has 0 aromatic heterocycles. The Morgan fingerprint density at radius 1 is 1.29 bits per heavy atom. The van der Waals surface area contributed by atoms with Crippen LogP contribution in [0, 0.1) is 0 Å². The van der Waals surface area contributed by atoms with Crippen LogP contribution >= 0.6 is 0 Å². The highest BCUT2D eigenvalue weighted by Crippen LogP contribution is 2.09. The summed E-state index contributed by atoms with van der Waals surface area (Å²) in [5, 5.41) is 9.53. The van der Waals surface area contributed by atoms with Crippen LogP contribution in [-0.2, 0) is 0 Å². The number of likely N-dealkylation sites (N-methyl/N-ethyl adjacent to an activating group) is 1. The monoisotopic (exact) mass is 202 g/mol. The van der Waals surface area contributed by atoms with Gasteiger partial charge in [0.25, 0.3) is 0 Å². The van der Waals surface area contributed by atoms with E-state index in [1.807, 2.05) is 6.92 Å². The largest absolute Gasteiger partial charge is 0.392 e. The van der Waals surface area contributed by atoms with Crippen LogP contribution < -0.4 is 5.73 Å². The molecule has 3 N–H and O–H groups in total. The van der Waals surface area contributed by atoms with Crippen molar-refractivity contribution >= 4 is 0 Å². The molecule has 0 rings (SSSR count). The second-order valence-corrected chi connectivity index (χ2v) is 3.99. The van der Waals surface area contributed by atoms with Crippen molar-refractivity contribution in [2.75, 3.05) is 20.1 Å². The highest BCUT2D eigenvalue weighted by molar-refractivity contribution is 4.70. The van der Waals surface area contributed by atoms with Crippen molar-refractivity contribution in [1.29, 1.82) is 0 Å². The average molecular weight is 202 g/mol. The van der Waals surface area contributed by atoms with Gasteiger partial charge in [-0.3, -0.25) is 0 Å². The van der Waals surface area contributed by atoms with Gasteiger partial charge in [-0.1, -0.05) is 13.8 Å². The molecule has 0 aromatic rings. The first-order chi connectivity index (χ1) is 6.65. The molecule has 0 bridgehead atoms. The first kappa shape index (κ1) is 13.9. The Bertz CT molecular complexity index is 130. The second kappa shape index (κ2) is 8.21. The lowest BCUT2D eigenvalue weighted by atomic mass is 10.1. The second-order valence-electron chi connectivity index (χ2n) is 3.99. The molecule has 0 radical (unpaired) electrons. The predicted molar refractivity (Wildman–Crippen MR) is 61.3 cm³/mol. The molecule has 0 aliphatic rings. The molecule has 14 heavy (non-hydrogen) atoms. The Morgan fingerprint density at radius 2 is 1.93 bits per heavy atom. The van der Waals surface area contributed by atoms with Crippen molar-refractivity contribution in [2.45, 2.75) is 51.7 Å². The highest BCUT2D eigenvalue weighted by atomic mass is 16.3. The van der Waals surface area contributed by atoms with Crippen LogP contribution in [0.2, 0.25) is 0 Å². The van der Waals surface area contributed by atoms with Gasteiger partial charge in [-0.15, -0.1) is 0 Å². The summed E-state index contributed by atoms with van der Waals surface area (Å²) in [6.07, 6.45) is 3.99. The highest BCUT2D eigenvalue weighted by Gasteiger charge is 2.14. The zero-order valence-electron chi connectivity index (χ0n) is 9.87. The van der Waals surface area contributed by atoms with Gasteiger partial charge >= 0.3 is 0 Å². The van der Waals surface area contributed by atoms with E-state index in [1.54, 1.807) is 0 Å². The third-order valence-corrected chi connectivity index (χ3v) is 2.81. The van der Waals surface area contributed by atoms with Gasteiger partial charge < -0.3 is 15.7 Å². The minimum Gasteiger partial charge on any atom is -0.392 e. The molecule has 0 saturated carbocycles. The normalized spacial score (nSPS) is 15.9. The van der Waals surface area contributed by atoms with Crippen molar-refractivity contribution in [1.82, 2.24) is 4.90 Å². The molecular formula is C11H26N2O. The fourth-order valence-electron chi connectivity index (χ4n) is 1.70. The molecular weight excluding hydrogens is 176 g/mol. The zero-order chi connectivity index (χ0) is 11.0. The van der Waals surface area contributed by atoms with E-state index in [9.17, 15) is 5.11 Å². The summed E-state index contributed by atoms with van der Waals surface area (Å²) in [5.41, 5.74) is 5.49. The molecule has 0 heterocycles. The number of nitrogens with two attached hydrogens (primary N) is 1. The maximum absolute atomic E-state index is 9.53. The smallest absolute Gasteiger partial charge is 0.0664 e. The van der Waals surface area contributed by atoms with Gasteiger partial charge in [0, 0.05) is 12.6 Å². The summed E-state index contributed by atoms with van der Waals surface area (Å²) in [6.45, 7) is 5.75. The van der Waals surface area contributed by atoms with Gasteiger partial charge in [0.05, 0.1) is 6.10 Å². The quantitative estimate of drug-likeness (QED) is 0.622. The number of aliphatic hydroxyl groups excluding tert-OH is 1. The van der Waals surface area contributed by atoms with Gasteiger partial charge in [0.1, 0.15) is 0 Å². The minimum absolute atomic E-state index is 0.188. The van der Waals surface area contributed by atoms with Crippen molar-refractivity contribution in [3.8, 4) is 0 Å². The molecule has 2 atom stereocenters.